The molecule has 0 atom stereocenters. The summed E-state index contributed by atoms with van der Waals surface area (Å²) >= 11 is 0. The lowest BCUT2D eigenvalue weighted by molar-refractivity contribution is -0.120. The van der Waals surface area contributed by atoms with Crippen molar-refractivity contribution in [2.24, 2.45) is 0 Å². The van der Waals surface area contributed by atoms with E-state index in [1.807, 2.05) is 25.1 Å². The summed E-state index contributed by atoms with van der Waals surface area (Å²) < 4.78 is 0. The Kier molecular flexibility index (Phi) is 5.89. The van der Waals surface area contributed by atoms with Crippen molar-refractivity contribution in [3.05, 3.63) is 41.6 Å². The maximum Gasteiger partial charge on any atom is 0.224 e. The highest BCUT2D eigenvalue weighted by Crippen LogP contribution is 2.12. The standard InChI is InChI=1S/C14H21N3O2.2H2/c1-10(2)17-19-7-6-16-14(18)9-12-8-13(15)5-4-11(12)3;;/h4-5,8,17H,1,6-7,9,15H2,2-3H3,(H,16,18);2*1H. The molecular weight excluding hydrogens is 242 g/mol. The first kappa shape index (κ1) is 15.0. The minimum absolute atomic E-state index is 0. The number of carbonyl (C=O) groups is 1. The number of hydrogen-bond acceptors (Lipinski definition) is 4. The van der Waals surface area contributed by atoms with E-state index in [1.165, 1.54) is 0 Å². The van der Waals surface area contributed by atoms with Crippen molar-refractivity contribution in [1.29, 1.82) is 0 Å². The van der Waals surface area contributed by atoms with E-state index in [9.17, 15) is 4.79 Å². The van der Waals surface area contributed by atoms with Gasteiger partial charge in [-0.05, 0) is 37.1 Å². The zero-order valence-electron chi connectivity index (χ0n) is 11.5. The van der Waals surface area contributed by atoms with Gasteiger partial charge in [0.2, 0.25) is 5.91 Å². The number of nitrogens with one attached hydrogen (secondary N) is 2. The van der Waals surface area contributed by atoms with Gasteiger partial charge in [0.15, 0.2) is 0 Å². The van der Waals surface area contributed by atoms with Crippen molar-refractivity contribution in [3.63, 3.8) is 0 Å². The minimum Gasteiger partial charge on any atom is -0.399 e. The summed E-state index contributed by atoms with van der Waals surface area (Å²) in [6.07, 6.45) is 0.324. The molecule has 1 aromatic rings. The summed E-state index contributed by atoms with van der Waals surface area (Å²) in [4.78, 5) is 16.8. The summed E-state index contributed by atoms with van der Waals surface area (Å²) in [6, 6.07) is 5.57. The molecule has 0 aliphatic carbocycles. The van der Waals surface area contributed by atoms with Gasteiger partial charge < -0.3 is 11.1 Å². The molecule has 5 heteroatoms. The van der Waals surface area contributed by atoms with Gasteiger partial charge in [-0.3, -0.25) is 15.1 Å². The number of allylic oxidation sites excluding steroid dienone is 1. The number of hydrogen-bond donors (Lipinski definition) is 3. The lowest BCUT2D eigenvalue weighted by Crippen LogP contribution is -2.30. The van der Waals surface area contributed by atoms with Crippen LogP contribution in [-0.4, -0.2) is 19.1 Å². The Morgan fingerprint density at radius 3 is 2.95 bits per heavy atom. The quantitative estimate of drug-likeness (QED) is 0.400. The predicted octanol–water partition coefficient (Wildman–Crippen LogP) is 1.78. The van der Waals surface area contributed by atoms with E-state index < -0.39 is 0 Å². The Balaban J connectivity index is 0. The number of amides is 1. The molecule has 4 N–H and O–H groups in total. The first-order valence-corrected chi connectivity index (χ1v) is 6.14. The molecule has 1 rings (SSSR count). The molecular formula is C14H25N3O2. The third kappa shape index (κ3) is 5.92. The molecule has 0 saturated heterocycles. The first-order valence-electron chi connectivity index (χ1n) is 6.14. The van der Waals surface area contributed by atoms with Crippen LogP contribution in [0.1, 0.15) is 20.9 Å². The van der Waals surface area contributed by atoms with Crippen LogP contribution in [0.3, 0.4) is 0 Å². The largest absolute Gasteiger partial charge is 0.399 e. The van der Waals surface area contributed by atoms with Gasteiger partial charge in [0.25, 0.3) is 0 Å². The zero-order valence-corrected chi connectivity index (χ0v) is 11.5. The first-order chi connectivity index (χ1) is 8.99. The summed E-state index contributed by atoms with van der Waals surface area (Å²) in [5, 5.41) is 2.78. The highest BCUT2D eigenvalue weighted by atomic mass is 16.6. The highest BCUT2D eigenvalue weighted by molar-refractivity contribution is 5.79. The van der Waals surface area contributed by atoms with Gasteiger partial charge >= 0.3 is 0 Å². The number of carbonyl (C=O) groups excluding carboxylic acids is 1. The highest BCUT2D eigenvalue weighted by Gasteiger charge is 2.05. The molecule has 0 radical (unpaired) electrons. The summed E-state index contributed by atoms with van der Waals surface area (Å²) in [6.45, 7) is 8.21. The molecule has 1 aromatic carbocycles. The number of anilines is 1. The maximum absolute atomic E-state index is 11.7. The second-order valence-corrected chi connectivity index (χ2v) is 4.44. The van der Waals surface area contributed by atoms with Crippen LogP contribution in [0, 0.1) is 6.92 Å². The Hall–Kier alpha value is -2.01. The average Bonchev–Trinajstić information content (AvgIpc) is 2.33. The molecule has 19 heavy (non-hydrogen) atoms. The van der Waals surface area contributed by atoms with Crippen molar-refractivity contribution in [3.8, 4) is 0 Å². The molecule has 0 spiro atoms. The third-order valence-electron chi connectivity index (χ3n) is 2.50. The average molecular weight is 267 g/mol. The Labute approximate surface area is 116 Å². The Bertz CT molecular complexity index is 468. The molecule has 0 aliphatic rings. The van der Waals surface area contributed by atoms with Crippen LogP contribution in [0.4, 0.5) is 5.69 Å². The maximum atomic E-state index is 11.7. The zero-order chi connectivity index (χ0) is 14.3. The van der Waals surface area contributed by atoms with Crippen LogP contribution < -0.4 is 16.5 Å². The van der Waals surface area contributed by atoms with Gasteiger partial charge in [0, 0.05) is 20.8 Å². The van der Waals surface area contributed by atoms with Gasteiger partial charge in [0.05, 0.1) is 13.0 Å². The summed E-state index contributed by atoms with van der Waals surface area (Å²) in [5.41, 5.74) is 11.7. The number of rotatable bonds is 7. The molecule has 108 valence electrons. The SMILES string of the molecule is C=C(C)NOCCNC(=O)Cc1cc(N)ccc1C.[HH].[HH]. The van der Waals surface area contributed by atoms with Crippen molar-refractivity contribution in [1.82, 2.24) is 10.8 Å². The Morgan fingerprint density at radius 2 is 2.26 bits per heavy atom. The Morgan fingerprint density at radius 1 is 1.53 bits per heavy atom. The van der Waals surface area contributed by atoms with E-state index >= 15 is 0 Å². The molecule has 0 fully saturated rings. The van der Waals surface area contributed by atoms with E-state index in [0.717, 1.165) is 16.8 Å². The molecule has 0 bridgehead atoms. The molecule has 0 aliphatic heterocycles. The van der Waals surface area contributed by atoms with E-state index in [1.54, 1.807) is 6.92 Å². The van der Waals surface area contributed by atoms with Gasteiger partial charge in [-0.2, -0.15) is 0 Å². The van der Waals surface area contributed by atoms with Crippen molar-refractivity contribution in [2.45, 2.75) is 20.3 Å². The van der Waals surface area contributed by atoms with E-state index in [0.29, 0.717) is 25.3 Å². The van der Waals surface area contributed by atoms with E-state index in [4.69, 9.17) is 10.6 Å². The molecule has 5 nitrogen and oxygen atoms in total. The molecule has 0 saturated carbocycles. The second kappa shape index (κ2) is 7.43. The smallest absolute Gasteiger partial charge is 0.224 e. The normalized spacial score (nSPS) is 10.0. The van der Waals surface area contributed by atoms with Crippen LogP contribution >= 0.6 is 0 Å². The van der Waals surface area contributed by atoms with Crippen LogP contribution in [0.5, 0.6) is 0 Å². The lowest BCUT2D eigenvalue weighted by atomic mass is 10.0. The predicted molar refractivity (Wildman–Crippen MR) is 80.4 cm³/mol. The second-order valence-electron chi connectivity index (χ2n) is 4.44. The van der Waals surface area contributed by atoms with Gasteiger partial charge in [-0.25, -0.2) is 0 Å². The monoisotopic (exact) mass is 267 g/mol. The topological polar surface area (TPSA) is 76.4 Å². The number of hydroxylamine groups is 1. The van der Waals surface area contributed by atoms with Crippen LogP contribution in [0.15, 0.2) is 30.5 Å². The minimum atomic E-state index is -0.0485. The lowest BCUT2D eigenvalue weighted by Gasteiger charge is -2.09. The number of nitrogens with two attached hydrogens (primary N) is 1. The fourth-order valence-electron chi connectivity index (χ4n) is 1.53. The fourth-order valence-corrected chi connectivity index (χ4v) is 1.53. The van der Waals surface area contributed by atoms with E-state index in [2.05, 4.69) is 17.4 Å². The van der Waals surface area contributed by atoms with Crippen molar-refractivity contribution >= 4 is 11.6 Å². The molecule has 1 amide bonds. The van der Waals surface area contributed by atoms with Gasteiger partial charge in [-0.15, -0.1) is 0 Å². The third-order valence-corrected chi connectivity index (χ3v) is 2.50. The van der Waals surface area contributed by atoms with Crippen molar-refractivity contribution in [2.75, 3.05) is 18.9 Å². The van der Waals surface area contributed by atoms with E-state index in [-0.39, 0.29) is 8.76 Å². The number of aryl methyl sites for hydroxylation is 1. The fraction of sp³-hybridized carbons (Fsp3) is 0.357. The number of benzene rings is 1. The van der Waals surface area contributed by atoms with Crippen molar-refractivity contribution < 1.29 is 12.5 Å². The number of nitrogen functional groups attached to an aromatic ring is 1. The molecule has 0 heterocycles. The summed E-state index contributed by atoms with van der Waals surface area (Å²) in [5.74, 6) is -0.0485. The van der Waals surface area contributed by atoms with Crippen LogP contribution in [-0.2, 0) is 16.1 Å². The van der Waals surface area contributed by atoms with Gasteiger partial charge in [0.1, 0.15) is 0 Å². The molecule has 0 aromatic heterocycles. The van der Waals surface area contributed by atoms with Crippen LogP contribution in [0.25, 0.3) is 0 Å². The van der Waals surface area contributed by atoms with Crippen LogP contribution in [0.2, 0.25) is 0 Å². The van der Waals surface area contributed by atoms with Gasteiger partial charge in [-0.1, -0.05) is 12.6 Å². The molecule has 0 unspecified atom stereocenters. The summed E-state index contributed by atoms with van der Waals surface area (Å²) in [7, 11) is 0.